The predicted molar refractivity (Wildman–Crippen MR) is 82.0 cm³/mol. The van der Waals surface area contributed by atoms with Crippen molar-refractivity contribution in [3.8, 4) is 5.75 Å². The van der Waals surface area contributed by atoms with Crippen LogP contribution in [0.1, 0.15) is 19.4 Å². The van der Waals surface area contributed by atoms with Crippen molar-refractivity contribution in [2.24, 2.45) is 0 Å². The maximum absolute atomic E-state index is 12.3. The largest absolute Gasteiger partial charge is 0.507 e. The van der Waals surface area contributed by atoms with Gasteiger partial charge in [-0.05, 0) is 37.8 Å². The molecular formula is C15H15NO5S. The lowest BCUT2D eigenvalue weighted by molar-refractivity contribution is -0.150. The van der Waals surface area contributed by atoms with Gasteiger partial charge in [-0.1, -0.05) is 18.2 Å². The minimum absolute atomic E-state index is 0.00717. The molecule has 7 heteroatoms. The van der Waals surface area contributed by atoms with E-state index >= 15 is 0 Å². The Labute approximate surface area is 131 Å². The molecule has 1 atom stereocenters. The lowest BCUT2D eigenvalue weighted by atomic mass is 10.2. The quantitative estimate of drug-likeness (QED) is 0.677. The van der Waals surface area contributed by atoms with E-state index in [1.54, 1.807) is 25.1 Å². The molecule has 0 aromatic heterocycles. The summed E-state index contributed by atoms with van der Waals surface area (Å²) in [5, 5.41) is 9.18. The van der Waals surface area contributed by atoms with E-state index in [0.29, 0.717) is 5.56 Å². The Balaban J connectivity index is 2.26. The molecule has 0 spiro atoms. The average molecular weight is 321 g/mol. The second kappa shape index (κ2) is 6.65. The van der Waals surface area contributed by atoms with Crippen molar-refractivity contribution in [3.63, 3.8) is 0 Å². The highest BCUT2D eigenvalue weighted by Gasteiger charge is 2.41. The fourth-order valence-electron chi connectivity index (χ4n) is 1.93. The van der Waals surface area contributed by atoms with Crippen molar-refractivity contribution in [1.29, 1.82) is 0 Å². The first-order valence-corrected chi connectivity index (χ1v) is 7.49. The number of nitrogens with zero attached hydrogens (tertiary/aromatic N) is 1. The average Bonchev–Trinajstić information content (AvgIpc) is 2.75. The van der Waals surface area contributed by atoms with Crippen molar-refractivity contribution >= 4 is 35.0 Å². The molecule has 1 aliphatic heterocycles. The van der Waals surface area contributed by atoms with Crippen LogP contribution in [0.4, 0.5) is 4.79 Å². The Hall–Kier alpha value is -2.28. The van der Waals surface area contributed by atoms with Gasteiger partial charge in [-0.2, -0.15) is 0 Å². The van der Waals surface area contributed by atoms with Crippen LogP contribution in [-0.2, 0) is 14.3 Å². The number of aromatic hydroxyl groups is 1. The van der Waals surface area contributed by atoms with Gasteiger partial charge in [0.2, 0.25) is 0 Å². The van der Waals surface area contributed by atoms with Gasteiger partial charge in [0.15, 0.2) is 0 Å². The highest BCUT2D eigenvalue weighted by molar-refractivity contribution is 8.18. The van der Waals surface area contributed by atoms with Crippen molar-refractivity contribution in [2.75, 3.05) is 6.61 Å². The van der Waals surface area contributed by atoms with Gasteiger partial charge < -0.3 is 9.84 Å². The Morgan fingerprint density at radius 3 is 2.73 bits per heavy atom. The minimum atomic E-state index is -0.984. The van der Waals surface area contributed by atoms with Gasteiger partial charge >= 0.3 is 5.97 Å². The Morgan fingerprint density at radius 1 is 1.41 bits per heavy atom. The number of benzene rings is 1. The Bertz CT molecular complexity index is 655. The number of carbonyl (C=O) groups is 3. The number of para-hydroxylation sites is 1. The molecule has 1 saturated heterocycles. The third kappa shape index (κ3) is 3.14. The van der Waals surface area contributed by atoms with E-state index in [0.717, 1.165) is 16.7 Å². The fourth-order valence-corrected chi connectivity index (χ4v) is 2.83. The number of phenolic OH excluding ortho intramolecular Hbond substituents is 1. The van der Waals surface area contributed by atoms with E-state index in [2.05, 4.69) is 0 Å². The molecule has 0 unspecified atom stereocenters. The Morgan fingerprint density at radius 2 is 2.09 bits per heavy atom. The van der Waals surface area contributed by atoms with Gasteiger partial charge in [-0.25, -0.2) is 4.79 Å². The van der Waals surface area contributed by atoms with Gasteiger partial charge in [-0.3, -0.25) is 14.5 Å². The molecule has 0 radical (unpaired) electrons. The molecule has 1 aliphatic rings. The van der Waals surface area contributed by atoms with Crippen LogP contribution in [0.3, 0.4) is 0 Å². The first-order valence-electron chi connectivity index (χ1n) is 6.67. The lowest BCUT2D eigenvalue weighted by Crippen LogP contribution is -2.42. The fraction of sp³-hybridized carbons (Fsp3) is 0.267. The molecule has 1 aromatic carbocycles. The SMILES string of the molecule is CCOC(=O)[C@@H](C)N1C(=O)S/C(=C/c2ccccc2O)C1=O. The van der Waals surface area contributed by atoms with Gasteiger partial charge in [0.1, 0.15) is 11.8 Å². The van der Waals surface area contributed by atoms with Crippen LogP contribution in [-0.4, -0.2) is 39.8 Å². The molecule has 2 rings (SSSR count). The zero-order valence-electron chi connectivity index (χ0n) is 12.1. The number of phenols is 1. The smallest absolute Gasteiger partial charge is 0.329 e. The van der Waals surface area contributed by atoms with E-state index in [4.69, 9.17) is 4.74 Å². The maximum Gasteiger partial charge on any atom is 0.329 e. The maximum atomic E-state index is 12.3. The van der Waals surface area contributed by atoms with Gasteiger partial charge in [0.25, 0.3) is 11.1 Å². The van der Waals surface area contributed by atoms with Crippen LogP contribution in [0.5, 0.6) is 5.75 Å². The number of thioether (sulfide) groups is 1. The van der Waals surface area contributed by atoms with Crippen molar-refractivity contribution < 1.29 is 24.2 Å². The molecule has 1 heterocycles. The summed E-state index contributed by atoms with van der Waals surface area (Å²) in [7, 11) is 0. The second-order valence-corrected chi connectivity index (χ2v) is 5.53. The summed E-state index contributed by atoms with van der Waals surface area (Å²) < 4.78 is 4.83. The standard InChI is InChI=1S/C15H15NO5S/c1-3-21-14(19)9(2)16-13(18)12(22-15(16)20)8-10-6-4-5-7-11(10)17/h4-9,17H,3H2,1-2H3/b12-8+/t9-/m1/s1. The second-order valence-electron chi connectivity index (χ2n) is 4.54. The monoisotopic (exact) mass is 321 g/mol. The molecule has 22 heavy (non-hydrogen) atoms. The van der Waals surface area contributed by atoms with Crippen LogP contribution in [0, 0.1) is 0 Å². The van der Waals surface area contributed by atoms with E-state index in [-0.39, 0.29) is 17.3 Å². The molecule has 6 nitrogen and oxygen atoms in total. The molecular weight excluding hydrogens is 306 g/mol. The number of hydrogen-bond acceptors (Lipinski definition) is 6. The van der Waals surface area contributed by atoms with Crippen LogP contribution >= 0.6 is 11.8 Å². The highest BCUT2D eigenvalue weighted by atomic mass is 32.2. The number of imide groups is 1. The van der Waals surface area contributed by atoms with Crippen molar-refractivity contribution in [3.05, 3.63) is 34.7 Å². The van der Waals surface area contributed by atoms with E-state index < -0.39 is 23.2 Å². The number of amides is 2. The molecule has 0 bridgehead atoms. The highest BCUT2D eigenvalue weighted by Crippen LogP contribution is 2.35. The molecule has 1 fully saturated rings. The van der Waals surface area contributed by atoms with Crippen LogP contribution in [0.15, 0.2) is 29.2 Å². The zero-order chi connectivity index (χ0) is 16.3. The summed E-state index contributed by atoms with van der Waals surface area (Å²) in [6.45, 7) is 3.26. The van der Waals surface area contributed by atoms with Crippen LogP contribution in [0.2, 0.25) is 0 Å². The topological polar surface area (TPSA) is 83.9 Å². The molecule has 0 aliphatic carbocycles. The zero-order valence-corrected chi connectivity index (χ0v) is 12.9. The summed E-state index contributed by atoms with van der Waals surface area (Å²) in [5.41, 5.74) is 0.428. The van der Waals surface area contributed by atoms with E-state index in [1.807, 2.05) is 0 Å². The third-order valence-corrected chi connectivity index (χ3v) is 3.95. The summed E-state index contributed by atoms with van der Waals surface area (Å²) in [4.78, 5) is 37.0. The number of esters is 1. The van der Waals surface area contributed by atoms with E-state index in [1.165, 1.54) is 19.1 Å². The minimum Gasteiger partial charge on any atom is -0.507 e. The molecule has 1 aromatic rings. The van der Waals surface area contributed by atoms with Crippen molar-refractivity contribution in [2.45, 2.75) is 19.9 Å². The lowest BCUT2D eigenvalue weighted by Gasteiger charge is -2.19. The van der Waals surface area contributed by atoms with Crippen molar-refractivity contribution in [1.82, 2.24) is 4.90 Å². The number of ether oxygens (including phenoxy) is 1. The summed E-state index contributed by atoms with van der Waals surface area (Å²) in [6, 6.07) is 5.48. The summed E-state index contributed by atoms with van der Waals surface area (Å²) >= 11 is 0.729. The number of carbonyl (C=O) groups excluding carboxylic acids is 3. The van der Waals surface area contributed by atoms with Gasteiger partial charge in [-0.15, -0.1) is 0 Å². The molecule has 2 amide bonds. The van der Waals surface area contributed by atoms with Gasteiger partial charge in [0.05, 0.1) is 11.5 Å². The van der Waals surface area contributed by atoms with Gasteiger partial charge in [0, 0.05) is 5.56 Å². The number of hydrogen-bond donors (Lipinski definition) is 1. The Kier molecular flexibility index (Phi) is 4.87. The first kappa shape index (κ1) is 16.1. The normalized spacial score (nSPS) is 17.9. The van der Waals surface area contributed by atoms with Crippen LogP contribution < -0.4 is 0 Å². The molecule has 0 saturated carbocycles. The summed E-state index contributed by atoms with van der Waals surface area (Å²) in [5.74, 6) is -1.19. The predicted octanol–water partition coefficient (Wildman–Crippen LogP) is 2.38. The molecule has 116 valence electrons. The molecule has 1 N–H and O–H groups in total. The van der Waals surface area contributed by atoms with E-state index in [9.17, 15) is 19.5 Å². The summed E-state index contributed by atoms with van der Waals surface area (Å²) in [6.07, 6.45) is 1.43. The first-order chi connectivity index (χ1) is 10.5. The third-order valence-electron chi connectivity index (χ3n) is 3.06. The van der Waals surface area contributed by atoms with Crippen LogP contribution in [0.25, 0.3) is 6.08 Å². The number of rotatable bonds is 4.